The van der Waals surface area contributed by atoms with Crippen LogP contribution in [0.5, 0.6) is 0 Å². The molecule has 0 aliphatic carbocycles. The average Bonchev–Trinajstić information content (AvgIpc) is 3.21. The highest BCUT2D eigenvalue weighted by molar-refractivity contribution is 5.17. The maximum atomic E-state index is 10.4. The molecule has 7 nitrogen and oxygen atoms in total. The van der Waals surface area contributed by atoms with Gasteiger partial charge in [-0.1, -0.05) is 91.0 Å². The number of aliphatic hydroxyl groups excluding tert-OH is 2. The summed E-state index contributed by atoms with van der Waals surface area (Å²) in [7, 11) is 1.50. The highest BCUT2D eigenvalue weighted by atomic mass is 16.8. The van der Waals surface area contributed by atoms with Crippen LogP contribution in [0, 0.1) is 0 Å². The minimum absolute atomic E-state index is 0.00476. The molecule has 1 saturated heterocycles. The summed E-state index contributed by atoms with van der Waals surface area (Å²) in [5.74, 6) is -1.42. The van der Waals surface area contributed by atoms with E-state index >= 15 is 0 Å². The van der Waals surface area contributed by atoms with Crippen LogP contribution in [0.4, 0.5) is 0 Å². The Morgan fingerprint density at radius 3 is 1.56 bits per heavy atom. The minimum atomic E-state index is -1.46. The van der Waals surface area contributed by atoms with Gasteiger partial charge in [-0.25, -0.2) is 0 Å². The van der Waals surface area contributed by atoms with Gasteiger partial charge in [0.25, 0.3) is 0 Å². The summed E-state index contributed by atoms with van der Waals surface area (Å²) in [6, 6.07) is 29.2. The summed E-state index contributed by atoms with van der Waals surface area (Å²) >= 11 is 0. The lowest BCUT2D eigenvalue weighted by Gasteiger charge is -2.33. The Hall–Kier alpha value is -2.62. The Kier molecular flexibility index (Phi) is 9.23. The van der Waals surface area contributed by atoms with Gasteiger partial charge in [-0.3, -0.25) is 0 Å². The van der Waals surface area contributed by atoms with Crippen molar-refractivity contribution >= 4 is 0 Å². The van der Waals surface area contributed by atoms with Crippen LogP contribution in [-0.2, 0) is 43.5 Å². The predicted molar refractivity (Wildman–Crippen MR) is 134 cm³/mol. The molecule has 2 N–H and O–H groups in total. The standard InChI is InChI=1S/C29H34O7/c1-32-29(22-33-17-23-11-5-2-6-12-23)27(35-19-25-15-9-4-10-16-25)26(28(20-30,21-31)36-29)34-18-24-13-7-3-8-14-24/h2-16,26-27,30-31H,17-22H2,1H3/t26-,27-,29-/m0/s1. The molecule has 1 aliphatic rings. The smallest absolute Gasteiger partial charge is 0.222 e. The summed E-state index contributed by atoms with van der Waals surface area (Å²) in [5.41, 5.74) is 1.44. The first-order valence-electron chi connectivity index (χ1n) is 12.0. The maximum Gasteiger partial charge on any atom is 0.222 e. The van der Waals surface area contributed by atoms with Crippen molar-refractivity contribution < 1.29 is 33.9 Å². The van der Waals surface area contributed by atoms with Crippen LogP contribution in [0.25, 0.3) is 0 Å². The first-order chi connectivity index (χ1) is 17.6. The molecular weight excluding hydrogens is 460 g/mol. The van der Waals surface area contributed by atoms with Crippen LogP contribution in [-0.4, -0.2) is 60.7 Å². The van der Waals surface area contributed by atoms with Crippen molar-refractivity contribution in [1.82, 2.24) is 0 Å². The van der Waals surface area contributed by atoms with Crippen molar-refractivity contribution in [3.63, 3.8) is 0 Å². The third kappa shape index (κ3) is 6.02. The van der Waals surface area contributed by atoms with Gasteiger partial charge in [0.2, 0.25) is 5.79 Å². The van der Waals surface area contributed by atoms with Gasteiger partial charge in [0, 0.05) is 7.11 Å². The molecule has 0 saturated carbocycles. The number of ether oxygens (including phenoxy) is 5. The quantitative estimate of drug-likeness (QED) is 0.376. The molecule has 0 bridgehead atoms. The van der Waals surface area contributed by atoms with Gasteiger partial charge in [-0.15, -0.1) is 0 Å². The third-order valence-corrected chi connectivity index (χ3v) is 6.44. The van der Waals surface area contributed by atoms with E-state index in [0.29, 0.717) is 6.61 Å². The predicted octanol–water partition coefficient (Wildman–Crippen LogP) is 3.47. The molecule has 0 radical (unpaired) electrons. The highest BCUT2D eigenvalue weighted by Gasteiger charge is 2.65. The van der Waals surface area contributed by atoms with Crippen LogP contribution < -0.4 is 0 Å². The van der Waals surface area contributed by atoms with Crippen molar-refractivity contribution in [1.29, 1.82) is 0 Å². The Bertz CT molecular complexity index is 1030. The zero-order valence-electron chi connectivity index (χ0n) is 20.5. The number of benzene rings is 3. The van der Waals surface area contributed by atoms with Gasteiger partial charge in [0.15, 0.2) is 0 Å². The van der Waals surface area contributed by atoms with E-state index in [4.69, 9.17) is 23.7 Å². The monoisotopic (exact) mass is 494 g/mol. The van der Waals surface area contributed by atoms with E-state index in [-0.39, 0.29) is 19.8 Å². The van der Waals surface area contributed by atoms with Crippen LogP contribution in [0.3, 0.4) is 0 Å². The Morgan fingerprint density at radius 1 is 0.667 bits per heavy atom. The Morgan fingerprint density at radius 2 is 1.11 bits per heavy atom. The first-order valence-corrected chi connectivity index (χ1v) is 12.0. The van der Waals surface area contributed by atoms with Crippen molar-refractivity contribution in [2.45, 2.75) is 43.4 Å². The summed E-state index contributed by atoms with van der Waals surface area (Å²) in [5, 5.41) is 20.8. The average molecular weight is 495 g/mol. The second-order valence-electron chi connectivity index (χ2n) is 8.91. The second kappa shape index (κ2) is 12.6. The molecule has 0 spiro atoms. The molecule has 0 amide bonds. The van der Waals surface area contributed by atoms with Crippen molar-refractivity contribution in [2.24, 2.45) is 0 Å². The molecule has 1 aliphatic heterocycles. The normalized spacial score (nSPS) is 23.1. The molecule has 3 aromatic rings. The second-order valence-corrected chi connectivity index (χ2v) is 8.91. The van der Waals surface area contributed by atoms with E-state index in [1.165, 1.54) is 7.11 Å². The number of hydrogen-bond acceptors (Lipinski definition) is 7. The summed E-state index contributed by atoms with van der Waals surface area (Å²) < 4.78 is 30.9. The minimum Gasteiger partial charge on any atom is -0.393 e. The topological polar surface area (TPSA) is 86.6 Å². The lowest BCUT2D eigenvalue weighted by atomic mass is 9.94. The largest absolute Gasteiger partial charge is 0.393 e. The molecule has 36 heavy (non-hydrogen) atoms. The SMILES string of the molecule is CO[C@@]1(COCc2ccccc2)OC(CO)(CO)[C@@H](OCc2ccccc2)[C@@H]1OCc1ccccc1. The van der Waals surface area contributed by atoms with E-state index < -0.39 is 36.8 Å². The van der Waals surface area contributed by atoms with Crippen LogP contribution in [0.15, 0.2) is 91.0 Å². The highest BCUT2D eigenvalue weighted by Crippen LogP contribution is 2.43. The summed E-state index contributed by atoms with van der Waals surface area (Å²) in [4.78, 5) is 0. The fourth-order valence-electron chi connectivity index (χ4n) is 4.45. The summed E-state index contributed by atoms with van der Waals surface area (Å²) in [6.45, 7) is -0.133. The number of aliphatic hydroxyl groups is 2. The number of hydrogen-bond donors (Lipinski definition) is 2. The van der Waals surface area contributed by atoms with Crippen molar-refractivity contribution in [3.8, 4) is 0 Å². The fourth-order valence-corrected chi connectivity index (χ4v) is 4.45. The van der Waals surface area contributed by atoms with Crippen LogP contribution >= 0.6 is 0 Å². The number of methoxy groups -OCH3 is 1. The molecule has 7 heteroatoms. The van der Waals surface area contributed by atoms with Crippen molar-refractivity contribution in [3.05, 3.63) is 108 Å². The maximum absolute atomic E-state index is 10.4. The zero-order chi connectivity index (χ0) is 25.3. The van der Waals surface area contributed by atoms with Crippen LogP contribution in [0.1, 0.15) is 16.7 Å². The molecule has 1 fully saturated rings. The van der Waals surface area contributed by atoms with Gasteiger partial charge in [-0.2, -0.15) is 0 Å². The fraction of sp³-hybridized carbons (Fsp3) is 0.379. The van der Waals surface area contributed by atoms with E-state index in [1.54, 1.807) is 0 Å². The number of rotatable bonds is 13. The molecular formula is C29H34O7. The lowest BCUT2D eigenvalue weighted by molar-refractivity contribution is -0.299. The van der Waals surface area contributed by atoms with Gasteiger partial charge < -0.3 is 33.9 Å². The van der Waals surface area contributed by atoms with E-state index in [2.05, 4.69) is 0 Å². The third-order valence-electron chi connectivity index (χ3n) is 6.44. The van der Waals surface area contributed by atoms with Gasteiger partial charge in [0.1, 0.15) is 24.4 Å². The van der Waals surface area contributed by atoms with E-state index in [1.807, 2.05) is 91.0 Å². The van der Waals surface area contributed by atoms with Gasteiger partial charge in [0.05, 0.1) is 33.0 Å². The molecule has 0 aromatic heterocycles. The van der Waals surface area contributed by atoms with E-state index in [9.17, 15) is 10.2 Å². The zero-order valence-corrected chi connectivity index (χ0v) is 20.5. The summed E-state index contributed by atoms with van der Waals surface area (Å²) in [6.07, 6.45) is -1.64. The lowest BCUT2D eigenvalue weighted by Crippen LogP contribution is -2.52. The molecule has 192 valence electrons. The van der Waals surface area contributed by atoms with Crippen molar-refractivity contribution in [2.75, 3.05) is 26.9 Å². The molecule has 4 rings (SSSR count). The Balaban J connectivity index is 1.60. The molecule has 3 aromatic carbocycles. The van der Waals surface area contributed by atoms with Crippen LogP contribution in [0.2, 0.25) is 0 Å². The Labute approximate surface area is 212 Å². The van der Waals surface area contributed by atoms with E-state index in [0.717, 1.165) is 16.7 Å². The van der Waals surface area contributed by atoms with Gasteiger partial charge in [-0.05, 0) is 16.7 Å². The molecule has 3 atom stereocenters. The van der Waals surface area contributed by atoms with Gasteiger partial charge >= 0.3 is 0 Å². The molecule has 0 unspecified atom stereocenters. The first kappa shape index (κ1) is 26.4. The molecule has 1 heterocycles.